The molecule has 3 heterocycles. The quantitative estimate of drug-likeness (QED) is 0.303. The summed E-state index contributed by atoms with van der Waals surface area (Å²) in [5.41, 5.74) is 4.96. The van der Waals surface area contributed by atoms with Crippen molar-refractivity contribution in [2.45, 2.75) is 0 Å². The third kappa shape index (κ3) is 2.74. The Morgan fingerprint density at radius 2 is 1.33 bits per heavy atom. The van der Waals surface area contributed by atoms with E-state index >= 15 is 0 Å². The maximum absolute atomic E-state index is 5.11. The van der Waals surface area contributed by atoms with Crippen LogP contribution in [0.3, 0.4) is 0 Å². The maximum Gasteiger partial charge on any atom is 0.235 e. The molecule has 0 atom stereocenters. The first-order valence-corrected chi connectivity index (χ1v) is 11.0. The zero-order chi connectivity index (χ0) is 21.8. The lowest BCUT2D eigenvalue weighted by atomic mass is 10.1. The molecule has 0 aliphatic heterocycles. The van der Waals surface area contributed by atoms with Crippen LogP contribution in [0.2, 0.25) is 0 Å². The van der Waals surface area contributed by atoms with E-state index in [1.165, 1.54) is 21.5 Å². The molecule has 0 aliphatic rings. The zero-order valence-electron chi connectivity index (χ0n) is 17.7. The molecule has 4 nitrogen and oxygen atoms in total. The molecule has 0 aliphatic carbocycles. The van der Waals surface area contributed by atoms with E-state index in [1.54, 1.807) is 6.20 Å². The van der Waals surface area contributed by atoms with Crippen molar-refractivity contribution in [2.24, 2.45) is 0 Å². The van der Waals surface area contributed by atoms with Gasteiger partial charge in [0.1, 0.15) is 0 Å². The minimum atomic E-state index is 0.661. The van der Waals surface area contributed by atoms with Crippen LogP contribution < -0.4 is 0 Å². The largest absolute Gasteiger partial charge is 0.278 e. The Morgan fingerprint density at radius 1 is 0.576 bits per heavy atom. The molecule has 0 saturated carbocycles. The number of benzene rings is 4. The molecule has 33 heavy (non-hydrogen) atoms. The van der Waals surface area contributed by atoms with E-state index < -0.39 is 0 Å². The summed E-state index contributed by atoms with van der Waals surface area (Å²) >= 11 is 0. The zero-order valence-corrected chi connectivity index (χ0v) is 17.7. The van der Waals surface area contributed by atoms with E-state index in [0.717, 1.165) is 33.2 Å². The van der Waals surface area contributed by atoms with E-state index in [0.29, 0.717) is 5.95 Å². The highest BCUT2D eigenvalue weighted by atomic mass is 15.2. The third-order valence-corrected chi connectivity index (χ3v) is 6.27. The Bertz CT molecular complexity index is 1820. The fraction of sp³-hybridized carbons (Fsp3) is 0. The van der Waals surface area contributed by atoms with E-state index in [9.17, 15) is 0 Å². The molecule has 0 spiro atoms. The monoisotopic (exact) mass is 422 g/mol. The summed E-state index contributed by atoms with van der Waals surface area (Å²) < 4.78 is 2.18. The van der Waals surface area contributed by atoms with Crippen LogP contribution in [0.1, 0.15) is 0 Å². The molecule has 7 aromatic rings. The van der Waals surface area contributed by atoms with Crippen molar-refractivity contribution >= 4 is 43.5 Å². The second-order valence-corrected chi connectivity index (χ2v) is 8.20. The molecule has 0 radical (unpaired) electrons. The molecule has 154 valence electrons. The second kappa shape index (κ2) is 6.97. The van der Waals surface area contributed by atoms with Crippen LogP contribution in [0.25, 0.3) is 60.7 Å². The molecular formula is C29H18N4. The Labute approximate surface area is 189 Å². The predicted molar refractivity (Wildman–Crippen MR) is 135 cm³/mol. The number of para-hydroxylation sites is 2. The van der Waals surface area contributed by atoms with Crippen molar-refractivity contribution in [1.29, 1.82) is 0 Å². The number of pyridine rings is 1. The number of aromatic nitrogens is 4. The summed E-state index contributed by atoms with van der Waals surface area (Å²) in [6, 6.07) is 33.6. The van der Waals surface area contributed by atoms with Crippen LogP contribution in [0.15, 0.2) is 109 Å². The average molecular weight is 422 g/mol. The van der Waals surface area contributed by atoms with E-state index in [-0.39, 0.29) is 0 Å². The van der Waals surface area contributed by atoms with Gasteiger partial charge in [0, 0.05) is 34.1 Å². The summed E-state index contributed by atoms with van der Waals surface area (Å²) in [6.45, 7) is 0. The van der Waals surface area contributed by atoms with Crippen LogP contribution >= 0.6 is 0 Å². The number of rotatable bonds is 2. The molecular weight excluding hydrogens is 404 g/mol. The summed E-state index contributed by atoms with van der Waals surface area (Å²) in [4.78, 5) is 14.4. The number of hydrogen-bond acceptors (Lipinski definition) is 3. The Balaban J connectivity index is 1.63. The lowest BCUT2D eigenvalue weighted by Crippen LogP contribution is -2.03. The smallest absolute Gasteiger partial charge is 0.235 e. The minimum Gasteiger partial charge on any atom is -0.278 e. The molecule has 0 N–H and O–H groups in total. The highest BCUT2D eigenvalue weighted by Gasteiger charge is 2.17. The molecule has 3 aromatic heterocycles. The van der Waals surface area contributed by atoms with Crippen molar-refractivity contribution < 1.29 is 0 Å². The summed E-state index contributed by atoms with van der Waals surface area (Å²) in [7, 11) is 0. The lowest BCUT2D eigenvalue weighted by Gasteiger charge is -2.11. The molecule has 0 amide bonds. The fourth-order valence-electron chi connectivity index (χ4n) is 4.76. The molecule has 0 saturated heterocycles. The molecule has 7 rings (SSSR count). The van der Waals surface area contributed by atoms with Gasteiger partial charge in [-0.2, -0.15) is 0 Å². The molecule has 0 fully saturated rings. The molecule has 4 aromatic carbocycles. The maximum atomic E-state index is 5.11. The van der Waals surface area contributed by atoms with Crippen LogP contribution in [0, 0.1) is 0 Å². The van der Waals surface area contributed by atoms with Gasteiger partial charge < -0.3 is 0 Å². The predicted octanol–water partition coefficient (Wildman–Crippen LogP) is 6.94. The first-order chi connectivity index (χ1) is 16.4. The van der Waals surface area contributed by atoms with Gasteiger partial charge in [0.25, 0.3) is 0 Å². The van der Waals surface area contributed by atoms with E-state index in [2.05, 4.69) is 76.3 Å². The van der Waals surface area contributed by atoms with Crippen molar-refractivity contribution in [2.75, 3.05) is 0 Å². The summed E-state index contributed by atoms with van der Waals surface area (Å²) in [6.07, 6.45) is 3.64. The molecule has 4 heteroatoms. The van der Waals surface area contributed by atoms with E-state index in [1.807, 2.05) is 36.5 Å². The van der Waals surface area contributed by atoms with E-state index in [4.69, 9.17) is 9.97 Å². The van der Waals surface area contributed by atoms with Gasteiger partial charge in [-0.15, -0.1) is 0 Å². The Hall–Kier alpha value is -4.57. The van der Waals surface area contributed by atoms with Crippen LogP contribution in [-0.4, -0.2) is 19.5 Å². The molecule has 0 unspecified atom stereocenters. The first kappa shape index (κ1) is 18.0. The van der Waals surface area contributed by atoms with Crippen LogP contribution in [-0.2, 0) is 0 Å². The normalized spacial score (nSPS) is 11.6. The highest BCUT2D eigenvalue weighted by Crippen LogP contribution is 2.35. The van der Waals surface area contributed by atoms with Gasteiger partial charge >= 0.3 is 0 Å². The number of nitrogens with zero attached hydrogens (tertiary/aromatic N) is 4. The Morgan fingerprint density at radius 3 is 2.18 bits per heavy atom. The average Bonchev–Trinajstić information content (AvgIpc) is 3.20. The van der Waals surface area contributed by atoms with Gasteiger partial charge in [-0.25, -0.2) is 9.97 Å². The number of hydrogen-bond donors (Lipinski definition) is 0. The molecule has 0 bridgehead atoms. The summed E-state index contributed by atoms with van der Waals surface area (Å²) in [5.74, 6) is 0.661. The summed E-state index contributed by atoms with van der Waals surface area (Å²) in [5, 5.41) is 5.83. The standard InChI is InChI=1S/C29H18N4/c1-2-9-20-17-27-24(16-19(20)8-1)22-11-4-6-14-26(22)33(27)29-31-25-13-5-3-12-23(25)28(32-29)21-10-7-15-30-18-21/h1-18H. The lowest BCUT2D eigenvalue weighted by molar-refractivity contribution is 1.01. The second-order valence-electron chi connectivity index (χ2n) is 8.20. The van der Waals surface area contributed by atoms with Crippen LogP contribution in [0.5, 0.6) is 0 Å². The van der Waals surface area contributed by atoms with Gasteiger partial charge in [0.2, 0.25) is 5.95 Å². The number of fused-ring (bicyclic) bond motifs is 5. The SMILES string of the molecule is c1cncc(-c2nc(-n3c4ccccc4c4cc5ccccc5cc43)nc3ccccc23)c1. The topological polar surface area (TPSA) is 43.6 Å². The van der Waals surface area contributed by atoms with Gasteiger partial charge in [-0.3, -0.25) is 9.55 Å². The minimum absolute atomic E-state index is 0.661. The van der Waals surface area contributed by atoms with Crippen molar-refractivity contribution in [1.82, 2.24) is 19.5 Å². The van der Waals surface area contributed by atoms with Crippen molar-refractivity contribution in [3.05, 3.63) is 109 Å². The fourth-order valence-corrected chi connectivity index (χ4v) is 4.76. The highest BCUT2D eigenvalue weighted by molar-refractivity contribution is 6.13. The van der Waals surface area contributed by atoms with Gasteiger partial charge in [-0.1, -0.05) is 60.7 Å². The van der Waals surface area contributed by atoms with Crippen molar-refractivity contribution in [3.63, 3.8) is 0 Å². The van der Waals surface area contributed by atoms with Crippen molar-refractivity contribution in [3.8, 4) is 17.2 Å². The first-order valence-electron chi connectivity index (χ1n) is 11.0. The van der Waals surface area contributed by atoms with Gasteiger partial charge in [-0.05, 0) is 47.2 Å². The van der Waals surface area contributed by atoms with Gasteiger partial charge in [0.15, 0.2) is 0 Å². The Kier molecular flexibility index (Phi) is 3.81. The van der Waals surface area contributed by atoms with Crippen LogP contribution in [0.4, 0.5) is 0 Å². The third-order valence-electron chi connectivity index (χ3n) is 6.27. The van der Waals surface area contributed by atoms with Gasteiger partial charge in [0.05, 0.1) is 22.2 Å².